The molecule has 1 N–H and O–H groups in total. The average molecular weight is 231 g/mol. The standard InChI is InChI=1S/C13H13NO3/c1-13(2)9-10(13)12(17)14(11(9)16)7-4-3-5-8(15)6-7/h3-6,9-10,15H,1-2H3/t9-,10+. The summed E-state index contributed by atoms with van der Waals surface area (Å²) in [6.45, 7) is 3.88. The second kappa shape index (κ2) is 2.88. The number of phenolic OH excluding ortho intramolecular Hbond substituents is 1. The molecule has 1 saturated carbocycles. The third-order valence-electron chi connectivity index (χ3n) is 3.89. The molecule has 1 aromatic carbocycles. The molecule has 4 nitrogen and oxygen atoms in total. The number of anilines is 1. The van der Waals surface area contributed by atoms with E-state index in [2.05, 4.69) is 0 Å². The Morgan fingerprint density at radius 1 is 1.18 bits per heavy atom. The van der Waals surface area contributed by atoms with Crippen molar-refractivity contribution in [1.29, 1.82) is 0 Å². The molecule has 0 aromatic heterocycles. The van der Waals surface area contributed by atoms with E-state index in [4.69, 9.17) is 0 Å². The Bertz CT molecular complexity index is 511. The molecule has 1 saturated heterocycles. The van der Waals surface area contributed by atoms with Crippen LogP contribution in [0.15, 0.2) is 24.3 Å². The average Bonchev–Trinajstić information content (AvgIpc) is 2.68. The third kappa shape index (κ3) is 1.18. The summed E-state index contributed by atoms with van der Waals surface area (Å²) in [4.78, 5) is 25.4. The van der Waals surface area contributed by atoms with Gasteiger partial charge in [-0.05, 0) is 17.5 Å². The van der Waals surface area contributed by atoms with Gasteiger partial charge in [0.1, 0.15) is 5.75 Å². The lowest BCUT2D eigenvalue weighted by Crippen LogP contribution is -2.36. The molecule has 17 heavy (non-hydrogen) atoms. The first-order valence-electron chi connectivity index (χ1n) is 5.61. The maximum Gasteiger partial charge on any atom is 0.238 e. The smallest absolute Gasteiger partial charge is 0.238 e. The normalized spacial score (nSPS) is 29.4. The number of rotatable bonds is 1. The highest BCUT2D eigenvalue weighted by Crippen LogP contribution is 2.63. The quantitative estimate of drug-likeness (QED) is 0.746. The van der Waals surface area contributed by atoms with Crippen LogP contribution in [0.4, 0.5) is 5.69 Å². The van der Waals surface area contributed by atoms with E-state index in [9.17, 15) is 14.7 Å². The number of carbonyl (C=O) groups is 2. The number of hydrogen-bond donors (Lipinski definition) is 1. The highest BCUT2D eigenvalue weighted by Gasteiger charge is 2.72. The van der Waals surface area contributed by atoms with Crippen molar-refractivity contribution in [3.05, 3.63) is 24.3 Å². The summed E-state index contributed by atoms with van der Waals surface area (Å²) in [7, 11) is 0. The summed E-state index contributed by atoms with van der Waals surface area (Å²) in [5.74, 6) is -0.594. The predicted octanol–water partition coefficient (Wildman–Crippen LogP) is 1.54. The van der Waals surface area contributed by atoms with Crippen LogP contribution in [0.3, 0.4) is 0 Å². The summed E-state index contributed by atoms with van der Waals surface area (Å²) in [5.41, 5.74) is 0.268. The molecular formula is C13H13NO3. The Balaban J connectivity index is 1.98. The zero-order chi connectivity index (χ0) is 12.4. The van der Waals surface area contributed by atoms with Crippen molar-refractivity contribution in [1.82, 2.24) is 0 Å². The maximum atomic E-state index is 12.1. The topological polar surface area (TPSA) is 57.6 Å². The highest BCUT2D eigenvalue weighted by atomic mass is 16.3. The van der Waals surface area contributed by atoms with E-state index in [0.29, 0.717) is 5.69 Å². The number of piperidine rings is 1. The van der Waals surface area contributed by atoms with Crippen LogP contribution in [-0.2, 0) is 9.59 Å². The Morgan fingerprint density at radius 3 is 2.29 bits per heavy atom. The van der Waals surface area contributed by atoms with Crippen LogP contribution in [-0.4, -0.2) is 16.9 Å². The van der Waals surface area contributed by atoms with Gasteiger partial charge in [0.25, 0.3) is 0 Å². The first-order chi connectivity index (χ1) is 7.94. The molecular weight excluding hydrogens is 218 g/mol. The first-order valence-corrected chi connectivity index (χ1v) is 5.61. The monoisotopic (exact) mass is 231 g/mol. The van der Waals surface area contributed by atoms with E-state index < -0.39 is 0 Å². The van der Waals surface area contributed by atoms with Gasteiger partial charge in [0.05, 0.1) is 17.5 Å². The van der Waals surface area contributed by atoms with Gasteiger partial charge in [-0.3, -0.25) is 9.59 Å². The largest absolute Gasteiger partial charge is 0.508 e. The molecule has 1 aliphatic heterocycles. The molecule has 1 aromatic rings. The lowest BCUT2D eigenvalue weighted by atomic mass is 10.1. The van der Waals surface area contributed by atoms with Crippen molar-refractivity contribution >= 4 is 17.5 Å². The second-order valence-electron chi connectivity index (χ2n) is 5.31. The van der Waals surface area contributed by atoms with Gasteiger partial charge in [-0.25, -0.2) is 4.90 Å². The fourth-order valence-electron chi connectivity index (χ4n) is 2.83. The molecule has 2 aliphatic rings. The number of nitrogens with zero attached hydrogens (tertiary/aromatic N) is 1. The van der Waals surface area contributed by atoms with Gasteiger partial charge in [0.15, 0.2) is 0 Å². The Hall–Kier alpha value is -1.84. The van der Waals surface area contributed by atoms with Crippen LogP contribution in [0.2, 0.25) is 0 Å². The summed E-state index contributed by atoms with van der Waals surface area (Å²) in [6.07, 6.45) is 0. The summed E-state index contributed by atoms with van der Waals surface area (Å²) >= 11 is 0. The molecule has 88 valence electrons. The van der Waals surface area contributed by atoms with Crippen LogP contribution in [0.25, 0.3) is 0 Å². The van der Waals surface area contributed by atoms with Crippen molar-refractivity contribution in [2.75, 3.05) is 4.90 Å². The fraction of sp³-hybridized carbons (Fsp3) is 0.385. The molecule has 0 radical (unpaired) electrons. The van der Waals surface area contributed by atoms with E-state index in [-0.39, 0.29) is 34.8 Å². The van der Waals surface area contributed by atoms with Gasteiger partial charge in [-0.15, -0.1) is 0 Å². The molecule has 2 fully saturated rings. The number of carbonyl (C=O) groups excluding carboxylic acids is 2. The molecule has 0 unspecified atom stereocenters. The molecule has 1 aliphatic carbocycles. The van der Waals surface area contributed by atoms with Crippen molar-refractivity contribution in [2.24, 2.45) is 17.3 Å². The third-order valence-corrected chi connectivity index (χ3v) is 3.89. The minimum atomic E-state index is -0.193. The number of imide groups is 1. The van der Waals surface area contributed by atoms with Gasteiger partial charge < -0.3 is 5.11 Å². The van der Waals surface area contributed by atoms with Gasteiger partial charge in [-0.2, -0.15) is 0 Å². The van der Waals surface area contributed by atoms with Crippen molar-refractivity contribution < 1.29 is 14.7 Å². The van der Waals surface area contributed by atoms with Gasteiger partial charge in [0, 0.05) is 6.07 Å². The van der Waals surface area contributed by atoms with E-state index in [0.717, 1.165) is 0 Å². The number of hydrogen-bond acceptors (Lipinski definition) is 3. The predicted molar refractivity (Wildman–Crippen MR) is 61.4 cm³/mol. The van der Waals surface area contributed by atoms with Crippen molar-refractivity contribution in [2.45, 2.75) is 13.8 Å². The highest BCUT2D eigenvalue weighted by molar-refractivity contribution is 6.25. The van der Waals surface area contributed by atoms with Crippen LogP contribution >= 0.6 is 0 Å². The fourth-order valence-corrected chi connectivity index (χ4v) is 2.83. The number of benzene rings is 1. The minimum absolute atomic E-state index is 0.0583. The van der Waals surface area contributed by atoms with Crippen LogP contribution in [0, 0.1) is 17.3 Å². The SMILES string of the molecule is CC1(C)[C@@H]2C(=O)N(c3cccc(O)c3)C(=O)[C@@H]21. The van der Waals surface area contributed by atoms with Crippen LogP contribution in [0.1, 0.15) is 13.8 Å². The van der Waals surface area contributed by atoms with Gasteiger partial charge in [-0.1, -0.05) is 19.9 Å². The molecule has 2 atom stereocenters. The molecule has 4 heteroatoms. The van der Waals surface area contributed by atoms with E-state index in [1.54, 1.807) is 12.1 Å². The molecule has 0 bridgehead atoms. The minimum Gasteiger partial charge on any atom is -0.508 e. The Kier molecular flexibility index (Phi) is 1.75. The number of amides is 2. The Labute approximate surface area is 98.9 Å². The second-order valence-corrected chi connectivity index (χ2v) is 5.31. The number of phenols is 1. The van der Waals surface area contributed by atoms with Crippen LogP contribution < -0.4 is 4.90 Å². The summed E-state index contributed by atoms with van der Waals surface area (Å²) < 4.78 is 0. The zero-order valence-electron chi connectivity index (χ0n) is 9.68. The Morgan fingerprint density at radius 2 is 1.76 bits per heavy atom. The summed E-state index contributed by atoms with van der Waals surface area (Å²) in [5, 5.41) is 9.38. The summed E-state index contributed by atoms with van der Waals surface area (Å²) in [6, 6.07) is 6.24. The molecule has 0 spiro atoms. The van der Waals surface area contributed by atoms with Gasteiger partial charge >= 0.3 is 0 Å². The van der Waals surface area contributed by atoms with Crippen molar-refractivity contribution in [3.63, 3.8) is 0 Å². The van der Waals surface area contributed by atoms with E-state index >= 15 is 0 Å². The first kappa shape index (κ1) is 10.3. The lowest BCUT2D eigenvalue weighted by molar-refractivity contribution is -0.125. The number of fused-ring (bicyclic) bond motifs is 1. The molecule has 2 amide bonds. The lowest BCUT2D eigenvalue weighted by Gasteiger charge is -2.20. The van der Waals surface area contributed by atoms with Crippen LogP contribution in [0.5, 0.6) is 5.75 Å². The maximum absolute atomic E-state index is 12.1. The van der Waals surface area contributed by atoms with Crippen molar-refractivity contribution in [3.8, 4) is 5.75 Å². The number of aromatic hydroxyl groups is 1. The zero-order valence-corrected chi connectivity index (χ0v) is 9.68. The van der Waals surface area contributed by atoms with E-state index in [1.165, 1.54) is 17.0 Å². The molecule has 3 rings (SSSR count). The van der Waals surface area contributed by atoms with E-state index in [1.807, 2.05) is 13.8 Å². The molecule has 1 heterocycles. The van der Waals surface area contributed by atoms with Gasteiger partial charge in [0.2, 0.25) is 11.8 Å².